The number of aromatic nitrogens is 2. The first-order valence-corrected chi connectivity index (χ1v) is 11.2. The Bertz CT molecular complexity index is 783. The van der Waals surface area contributed by atoms with E-state index in [4.69, 9.17) is 0 Å². The molecule has 29 heavy (non-hydrogen) atoms. The van der Waals surface area contributed by atoms with E-state index in [1.165, 1.54) is 12.8 Å². The zero-order chi connectivity index (χ0) is 20.4. The van der Waals surface area contributed by atoms with Gasteiger partial charge in [0.05, 0.1) is 17.8 Å². The third kappa shape index (κ3) is 5.25. The van der Waals surface area contributed by atoms with E-state index in [-0.39, 0.29) is 11.5 Å². The summed E-state index contributed by atoms with van der Waals surface area (Å²) < 4.78 is 1.66. The molecule has 1 saturated carbocycles. The number of aliphatic hydroxyl groups is 1. The number of rotatable bonds is 5. The van der Waals surface area contributed by atoms with Crippen molar-refractivity contribution in [2.45, 2.75) is 69.9 Å². The topological polar surface area (TPSA) is 78.7 Å². The Hall–Kier alpha value is -1.73. The number of amides is 1. The van der Waals surface area contributed by atoms with Gasteiger partial charge >= 0.3 is 0 Å². The second kappa shape index (κ2) is 8.56. The largest absolute Gasteiger partial charge is 0.387 e. The van der Waals surface area contributed by atoms with Gasteiger partial charge in [0.1, 0.15) is 0 Å². The molecule has 1 N–H and O–H groups in total. The monoisotopic (exact) mass is 402 g/mol. The number of piperidine rings is 1. The molecule has 0 radical (unpaired) electrons. The van der Waals surface area contributed by atoms with Gasteiger partial charge in [0.25, 0.3) is 5.56 Å². The summed E-state index contributed by atoms with van der Waals surface area (Å²) in [6.07, 6.45) is 7.07. The van der Waals surface area contributed by atoms with Gasteiger partial charge in [0, 0.05) is 38.5 Å². The summed E-state index contributed by atoms with van der Waals surface area (Å²) in [6.45, 7) is 5.94. The van der Waals surface area contributed by atoms with Crippen LogP contribution in [0.1, 0.15) is 63.5 Å². The molecule has 1 atom stereocenters. The second-order valence-corrected chi connectivity index (χ2v) is 9.39. The van der Waals surface area contributed by atoms with E-state index in [2.05, 4.69) is 10.00 Å². The van der Waals surface area contributed by atoms with Crippen LogP contribution in [0.4, 0.5) is 0 Å². The summed E-state index contributed by atoms with van der Waals surface area (Å²) in [4.78, 5) is 28.1. The molecule has 2 saturated heterocycles. The molecule has 2 aliphatic heterocycles. The van der Waals surface area contributed by atoms with Crippen LogP contribution < -0.4 is 5.56 Å². The van der Waals surface area contributed by atoms with E-state index in [0.29, 0.717) is 31.5 Å². The van der Waals surface area contributed by atoms with Crippen LogP contribution >= 0.6 is 0 Å². The van der Waals surface area contributed by atoms with Gasteiger partial charge in [-0.1, -0.05) is 0 Å². The Morgan fingerprint density at radius 1 is 1.17 bits per heavy atom. The van der Waals surface area contributed by atoms with Gasteiger partial charge in [-0.2, -0.15) is 5.10 Å². The van der Waals surface area contributed by atoms with Crippen molar-refractivity contribution in [2.75, 3.05) is 32.7 Å². The minimum atomic E-state index is -0.813. The Kier molecular flexibility index (Phi) is 6.06. The van der Waals surface area contributed by atoms with Gasteiger partial charge < -0.3 is 14.9 Å². The molecule has 1 aromatic heterocycles. The lowest BCUT2D eigenvalue weighted by atomic mass is 9.92. The molecule has 1 aromatic rings. The number of likely N-dealkylation sites (tertiary alicyclic amines) is 2. The van der Waals surface area contributed by atoms with Crippen molar-refractivity contribution in [2.24, 2.45) is 5.92 Å². The Balaban J connectivity index is 1.31. The minimum Gasteiger partial charge on any atom is -0.387 e. The Morgan fingerprint density at radius 2 is 1.93 bits per heavy atom. The molecular formula is C22H34N4O3. The highest BCUT2D eigenvalue weighted by molar-refractivity contribution is 5.73. The number of nitrogens with zero attached hydrogens (tertiary/aromatic N) is 4. The molecule has 3 heterocycles. The molecule has 0 aromatic carbocycles. The summed E-state index contributed by atoms with van der Waals surface area (Å²) in [5, 5.41) is 15.8. The summed E-state index contributed by atoms with van der Waals surface area (Å²) >= 11 is 0. The summed E-state index contributed by atoms with van der Waals surface area (Å²) in [5.41, 5.74) is 0.244. The molecule has 1 unspecified atom stereocenters. The Morgan fingerprint density at radius 3 is 2.62 bits per heavy atom. The normalized spacial score (nSPS) is 27.0. The molecule has 0 bridgehead atoms. The third-order valence-electron chi connectivity index (χ3n) is 6.79. The van der Waals surface area contributed by atoms with Crippen LogP contribution in [0.25, 0.3) is 0 Å². The first kappa shape index (κ1) is 20.5. The number of β-amino-alcohol motifs (C(OH)–C–C–N with tert-alkyl or cyclic N) is 1. The van der Waals surface area contributed by atoms with Crippen molar-refractivity contribution in [3.05, 3.63) is 28.2 Å². The molecule has 7 heteroatoms. The minimum absolute atomic E-state index is 0.00563. The zero-order valence-electron chi connectivity index (χ0n) is 17.6. The first-order chi connectivity index (χ1) is 13.9. The van der Waals surface area contributed by atoms with Crippen LogP contribution in [0.2, 0.25) is 0 Å². The maximum atomic E-state index is 12.2. The second-order valence-electron chi connectivity index (χ2n) is 9.39. The fraction of sp³-hybridized carbons (Fsp3) is 0.773. The van der Waals surface area contributed by atoms with E-state index < -0.39 is 5.60 Å². The predicted molar refractivity (Wildman–Crippen MR) is 111 cm³/mol. The molecule has 3 aliphatic rings. The highest BCUT2D eigenvalue weighted by Gasteiger charge is 2.35. The SMILES string of the molecule is CC(=O)N1CCCCC(O)(CN2CCC(Cn3nc(C4CC4)ccc3=O)CC2)C1. The first-order valence-electron chi connectivity index (χ1n) is 11.2. The van der Waals surface area contributed by atoms with Crippen molar-refractivity contribution >= 4 is 5.91 Å². The number of carbonyl (C=O) groups excluding carboxylic acids is 1. The number of hydrogen-bond donors (Lipinski definition) is 1. The zero-order valence-corrected chi connectivity index (χ0v) is 17.6. The van der Waals surface area contributed by atoms with Crippen molar-refractivity contribution in [3.63, 3.8) is 0 Å². The third-order valence-corrected chi connectivity index (χ3v) is 6.79. The summed E-state index contributed by atoms with van der Waals surface area (Å²) in [7, 11) is 0. The summed E-state index contributed by atoms with van der Waals surface area (Å²) in [6, 6.07) is 3.55. The predicted octanol–water partition coefficient (Wildman–Crippen LogP) is 1.60. The highest BCUT2D eigenvalue weighted by Crippen LogP contribution is 2.38. The number of hydrogen-bond acceptors (Lipinski definition) is 5. The number of carbonyl (C=O) groups is 1. The van der Waals surface area contributed by atoms with Gasteiger partial charge in [-0.25, -0.2) is 4.68 Å². The van der Waals surface area contributed by atoms with Crippen LogP contribution in [0, 0.1) is 5.92 Å². The average Bonchev–Trinajstić information content (AvgIpc) is 3.53. The van der Waals surface area contributed by atoms with Crippen LogP contribution in [-0.4, -0.2) is 68.9 Å². The van der Waals surface area contributed by atoms with E-state index in [9.17, 15) is 14.7 Å². The molecule has 4 rings (SSSR count). The molecule has 7 nitrogen and oxygen atoms in total. The lowest BCUT2D eigenvalue weighted by molar-refractivity contribution is -0.132. The van der Waals surface area contributed by atoms with Gasteiger partial charge in [-0.15, -0.1) is 0 Å². The highest BCUT2D eigenvalue weighted by atomic mass is 16.3. The van der Waals surface area contributed by atoms with Crippen LogP contribution in [0.5, 0.6) is 0 Å². The molecule has 1 aliphatic carbocycles. The fourth-order valence-corrected chi connectivity index (χ4v) is 4.85. The average molecular weight is 403 g/mol. The van der Waals surface area contributed by atoms with Crippen LogP contribution in [0.15, 0.2) is 16.9 Å². The van der Waals surface area contributed by atoms with Crippen LogP contribution in [-0.2, 0) is 11.3 Å². The molecule has 0 spiro atoms. The summed E-state index contributed by atoms with van der Waals surface area (Å²) in [5.74, 6) is 1.05. The van der Waals surface area contributed by atoms with E-state index >= 15 is 0 Å². The lowest BCUT2D eigenvalue weighted by Crippen LogP contribution is -2.52. The molecular weight excluding hydrogens is 368 g/mol. The van der Waals surface area contributed by atoms with Crippen molar-refractivity contribution in [1.29, 1.82) is 0 Å². The van der Waals surface area contributed by atoms with Gasteiger partial charge in [-0.3, -0.25) is 9.59 Å². The van der Waals surface area contributed by atoms with Gasteiger partial charge in [0.2, 0.25) is 5.91 Å². The van der Waals surface area contributed by atoms with E-state index in [0.717, 1.165) is 57.4 Å². The van der Waals surface area contributed by atoms with E-state index in [1.807, 2.05) is 6.07 Å². The van der Waals surface area contributed by atoms with Crippen molar-refractivity contribution in [3.8, 4) is 0 Å². The van der Waals surface area contributed by atoms with Crippen molar-refractivity contribution < 1.29 is 9.90 Å². The quantitative estimate of drug-likeness (QED) is 0.809. The maximum absolute atomic E-state index is 12.2. The fourth-order valence-electron chi connectivity index (χ4n) is 4.85. The maximum Gasteiger partial charge on any atom is 0.266 e. The van der Waals surface area contributed by atoms with Crippen molar-refractivity contribution in [1.82, 2.24) is 19.6 Å². The molecule has 1 amide bonds. The standard InChI is InChI=1S/C22H34N4O3/c1-17(27)25-11-3-2-10-22(29,16-25)15-24-12-8-18(9-13-24)14-26-21(28)7-6-20(23-26)19-4-5-19/h6-7,18-19,29H,2-5,8-16H2,1H3. The van der Waals surface area contributed by atoms with Gasteiger partial charge in [-0.05, 0) is 70.0 Å². The van der Waals surface area contributed by atoms with E-state index in [1.54, 1.807) is 22.6 Å². The smallest absolute Gasteiger partial charge is 0.266 e. The Labute approximate surface area is 172 Å². The molecule has 160 valence electrons. The lowest BCUT2D eigenvalue weighted by Gasteiger charge is -2.39. The van der Waals surface area contributed by atoms with Gasteiger partial charge in [0.15, 0.2) is 0 Å². The molecule has 3 fully saturated rings. The van der Waals surface area contributed by atoms with Crippen LogP contribution in [0.3, 0.4) is 0 Å².